The molecule has 0 unspecified atom stereocenters. The van der Waals surface area contributed by atoms with Crippen LogP contribution in [0.3, 0.4) is 0 Å². The number of aryl methyl sites for hydroxylation is 1. The Hall–Kier alpha value is -0.980. The second-order valence-electron chi connectivity index (χ2n) is 4.65. The van der Waals surface area contributed by atoms with Crippen LogP contribution in [0.5, 0.6) is 0 Å². The molecule has 1 aliphatic rings. The van der Waals surface area contributed by atoms with E-state index in [1.54, 1.807) is 11.3 Å². The van der Waals surface area contributed by atoms with Gasteiger partial charge in [0, 0.05) is 17.6 Å². The molecular formula is C12H19N3O2S. The molecule has 18 heavy (non-hydrogen) atoms. The molecule has 3 atom stereocenters. The van der Waals surface area contributed by atoms with E-state index in [1.807, 2.05) is 19.2 Å². The molecule has 100 valence electrons. The molecule has 6 heteroatoms. The Morgan fingerprint density at radius 3 is 3.06 bits per heavy atom. The van der Waals surface area contributed by atoms with Gasteiger partial charge in [-0.3, -0.25) is 4.79 Å². The maximum Gasteiger partial charge on any atom is 0.237 e. The third-order valence-electron chi connectivity index (χ3n) is 3.08. The van der Waals surface area contributed by atoms with Crippen molar-refractivity contribution in [3.05, 3.63) is 16.1 Å². The van der Waals surface area contributed by atoms with Crippen molar-refractivity contribution in [3.8, 4) is 0 Å². The number of hydrogen-bond donors (Lipinski definition) is 3. The summed E-state index contributed by atoms with van der Waals surface area (Å²) in [6.45, 7) is 4.47. The van der Waals surface area contributed by atoms with Crippen LogP contribution in [-0.4, -0.2) is 34.7 Å². The zero-order chi connectivity index (χ0) is 13.1. The van der Waals surface area contributed by atoms with Crippen LogP contribution in [0, 0.1) is 6.92 Å². The molecule has 1 saturated heterocycles. The molecule has 0 spiro atoms. The Balaban J connectivity index is 1.96. The summed E-state index contributed by atoms with van der Waals surface area (Å²) in [7, 11) is 0. The number of carbonyl (C=O) groups excluding carboxylic acids is 1. The van der Waals surface area contributed by atoms with Crippen LogP contribution < -0.4 is 10.6 Å². The number of aromatic nitrogens is 1. The second kappa shape index (κ2) is 5.77. The average molecular weight is 269 g/mol. The van der Waals surface area contributed by atoms with Crippen LogP contribution in [0.2, 0.25) is 0 Å². The highest BCUT2D eigenvalue weighted by Gasteiger charge is 2.29. The number of rotatable bonds is 4. The Kier molecular flexibility index (Phi) is 4.31. The summed E-state index contributed by atoms with van der Waals surface area (Å²) in [5, 5.41) is 18.3. The van der Waals surface area contributed by atoms with E-state index in [0.717, 1.165) is 17.1 Å². The highest BCUT2D eigenvalue weighted by atomic mass is 32.1. The van der Waals surface area contributed by atoms with Gasteiger partial charge >= 0.3 is 0 Å². The lowest BCUT2D eigenvalue weighted by atomic mass is 10.1. The van der Waals surface area contributed by atoms with Gasteiger partial charge < -0.3 is 15.7 Å². The Morgan fingerprint density at radius 1 is 1.78 bits per heavy atom. The molecule has 0 aromatic carbocycles. The number of hydrogen-bond acceptors (Lipinski definition) is 5. The van der Waals surface area contributed by atoms with E-state index in [0.29, 0.717) is 13.0 Å². The fraction of sp³-hybridized carbons (Fsp3) is 0.667. The summed E-state index contributed by atoms with van der Waals surface area (Å²) in [6, 6.07) is -0.314. The molecule has 0 radical (unpaired) electrons. The predicted octanol–water partition coefficient (Wildman–Crippen LogP) is 0.742. The highest BCUT2D eigenvalue weighted by molar-refractivity contribution is 7.09. The van der Waals surface area contributed by atoms with Crippen molar-refractivity contribution in [2.75, 3.05) is 6.54 Å². The van der Waals surface area contributed by atoms with Gasteiger partial charge in [-0.2, -0.15) is 0 Å². The molecule has 0 bridgehead atoms. The molecule has 1 fully saturated rings. The Morgan fingerprint density at radius 2 is 2.56 bits per heavy atom. The molecule has 0 saturated carbocycles. The standard InChI is InChI=1S/C12H19N3O2S/c1-3-9(12-14-7(2)6-18-12)15-11(17)10-4-8(16)5-13-10/h6,8-10,13,16H,3-5H2,1-2H3,(H,15,17)/t8-,9+,10-/m1/s1. The van der Waals surface area contributed by atoms with Crippen molar-refractivity contribution < 1.29 is 9.90 Å². The zero-order valence-electron chi connectivity index (χ0n) is 10.6. The number of amides is 1. The van der Waals surface area contributed by atoms with E-state index in [-0.39, 0.29) is 18.0 Å². The summed E-state index contributed by atoms with van der Waals surface area (Å²) < 4.78 is 0. The Bertz CT molecular complexity index is 421. The third kappa shape index (κ3) is 3.07. The lowest BCUT2D eigenvalue weighted by Gasteiger charge is -2.17. The molecule has 2 heterocycles. The van der Waals surface area contributed by atoms with Crippen LogP contribution in [0.1, 0.15) is 36.5 Å². The van der Waals surface area contributed by atoms with E-state index in [4.69, 9.17) is 0 Å². The number of aliphatic hydroxyl groups is 1. The van der Waals surface area contributed by atoms with Crippen molar-refractivity contribution in [1.29, 1.82) is 0 Å². The normalized spacial score (nSPS) is 25.1. The van der Waals surface area contributed by atoms with E-state index < -0.39 is 6.10 Å². The smallest absolute Gasteiger partial charge is 0.237 e. The summed E-state index contributed by atoms with van der Waals surface area (Å²) in [4.78, 5) is 16.4. The molecular weight excluding hydrogens is 250 g/mol. The number of thiazole rings is 1. The SMILES string of the molecule is CC[C@H](NC(=O)[C@H]1C[C@@H](O)CN1)c1nc(C)cs1. The van der Waals surface area contributed by atoms with Crippen LogP contribution in [0.4, 0.5) is 0 Å². The highest BCUT2D eigenvalue weighted by Crippen LogP contribution is 2.21. The lowest BCUT2D eigenvalue weighted by Crippen LogP contribution is -2.41. The van der Waals surface area contributed by atoms with Gasteiger partial charge in [-0.25, -0.2) is 4.98 Å². The topological polar surface area (TPSA) is 74.2 Å². The van der Waals surface area contributed by atoms with Gasteiger partial charge in [0.1, 0.15) is 5.01 Å². The minimum atomic E-state index is -0.414. The van der Waals surface area contributed by atoms with Crippen molar-refractivity contribution >= 4 is 17.2 Å². The number of nitrogens with zero attached hydrogens (tertiary/aromatic N) is 1. The first-order valence-electron chi connectivity index (χ1n) is 6.24. The van der Waals surface area contributed by atoms with Crippen molar-refractivity contribution in [2.45, 2.75) is 44.9 Å². The first kappa shape index (κ1) is 13.5. The quantitative estimate of drug-likeness (QED) is 0.754. The van der Waals surface area contributed by atoms with Gasteiger partial charge in [-0.15, -0.1) is 11.3 Å². The van der Waals surface area contributed by atoms with Crippen LogP contribution in [0.15, 0.2) is 5.38 Å². The summed E-state index contributed by atoms with van der Waals surface area (Å²) in [6.07, 6.45) is 0.885. The average Bonchev–Trinajstić information content (AvgIpc) is 2.94. The molecule has 1 aromatic rings. The number of nitrogens with one attached hydrogen (secondary N) is 2. The maximum atomic E-state index is 12.0. The number of aliphatic hydroxyl groups excluding tert-OH is 1. The van der Waals surface area contributed by atoms with Gasteiger partial charge in [-0.1, -0.05) is 6.92 Å². The van der Waals surface area contributed by atoms with E-state index in [9.17, 15) is 9.90 Å². The first-order valence-corrected chi connectivity index (χ1v) is 7.12. The molecule has 3 N–H and O–H groups in total. The van der Waals surface area contributed by atoms with Gasteiger partial charge in [0.2, 0.25) is 5.91 Å². The maximum absolute atomic E-state index is 12.0. The third-order valence-corrected chi connectivity index (χ3v) is 4.16. The van der Waals surface area contributed by atoms with Crippen molar-refractivity contribution in [1.82, 2.24) is 15.6 Å². The van der Waals surface area contributed by atoms with E-state index >= 15 is 0 Å². The van der Waals surface area contributed by atoms with Gasteiger partial charge in [0.05, 0.1) is 18.2 Å². The van der Waals surface area contributed by atoms with Crippen molar-refractivity contribution in [2.24, 2.45) is 0 Å². The fourth-order valence-corrected chi connectivity index (χ4v) is 2.99. The number of β-amino-alcohol motifs (C(OH)–C–C–N with tert-alkyl or cyclic N) is 1. The van der Waals surface area contributed by atoms with E-state index in [1.165, 1.54) is 0 Å². The minimum Gasteiger partial charge on any atom is -0.392 e. The molecule has 1 amide bonds. The van der Waals surface area contributed by atoms with Gasteiger partial charge in [0.15, 0.2) is 0 Å². The molecule has 2 rings (SSSR count). The zero-order valence-corrected chi connectivity index (χ0v) is 11.5. The fourth-order valence-electron chi connectivity index (χ4n) is 2.06. The van der Waals surface area contributed by atoms with Crippen LogP contribution in [-0.2, 0) is 4.79 Å². The summed E-state index contributed by atoms with van der Waals surface area (Å²) in [5.74, 6) is -0.0498. The molecule has 5 nitrogen and oxygen atoms in total. The second-order valence-corrected chi connectivity index (χ2v) is 5.54. The summed E-state index contributed by atoms with van der Waals surface area (Å²) in [5.41, 5.74) is 0.983. The predicted molar refractivity (Wildman–Crippen MR) is 70.4 cm³/mol. The van der Waals surface area contributed by atoms with E-state index in [2.05, 4.69) is 15.6 Å². The Labute approximate surface area is 111 Å². The lowest BCUT2D eigenvalue weighted by molar-refractivity contribution is -0.123. The van der Waals surface area contributed by atoms with Crippen LogP contribution >= 0.6 is 11.3 Å². The molecule has 1 aliphatic heterocycles. The molecule has 1 aromatic heterocycles. The van der Waals surface area contributed by atoms with Gasteiger partial charge in [-0.05, 0) is 19.8 Å². The largest absolute Gasteiger partial charge is 0.392 e. The number of carbonyl (C=O) groups is 1. The first-order chi connectivity index (χ1) is 8.60. The monoisotopic (exact) mass is 269 g/mol. The summed E-state index contributed by atoms with van der Waals surface area (Å²) >= 11 is 1.57. The minimum absolute atomic E-state index is 0.0317. The molecule has 0 aliphatic carbocycles. The van der Waals surface area contributed by atoms with Crippen LogP contribution in [0.25, 0.3) is 0 Å². The van der Waals surface area contributed by atoms with Gasteiger partial charge in [0.25, 0.3) is 0 Å². The van der Waals surface area contributed by atoms with Crippen molar-refractivity contribution in [3.63, 3.8) is 0 Å².